The average molecular weight is 641 g/mol. The molecule has 0 aliphatic rings. The van der Waals surface area contributed by atoms with Crippen molar-refractivity contribution in [2.75, 3.05) is 19.7 Å². The highest BCUT2D eigenvalue weighted by atomic mass is 16.6. The summed E-state index contributed by atoms with van der Waals surface area (Å²) in [5.41, 5.74) is 0.741. The van der Waals surface area contributed by atoms with Crippen LogP contribution < -0.4 is 10.1 Å². The quantitative estimate of drug-likeness (QED) is 0.156. The van der Waals surface area contributed by atoms with Crippen LogP contribution in [-0.4, -0.2) is 76.5 Å². The Morgan fingerprint density at radius 3 is 2.24 bits per heavy atom. The number of ether oxygens (including phenoxy) is 3. The zero-order chi connectivity index (χ0) is 34.3. The van der Waals surface area contributed by atoms with Crippen molar-refractivity contribution in [2.45, 2.75) is 85.0 Å². The van der Waals surface area contributed by atoms with Gasteiger partial charge in [0.05, 0.1) is 18.5 Å². The van der Waals surface area contributed by atoms with Crippen molar-refractivity contribution in [3.8, 4) is 5.75 Å². The predicted octanol–water partition coefficient (Wildman–Crippen LogP) is 5.21. The minimum absolute atomic E-state index is 0.00177. The van der Waals surface area contributed by atoms with E-state index in [1.807, 2.05) is 37.3 Å². The van der Waals surface area contributed by atoms with E-state index in [0.29, 0.717) is 30.7 Å². The van der Waals surface area contributed by atoms with Crippen LogP contribution in [0.25, 0.3) is 5.76 Å². The molecule has 0 aliphatic carbocycles. The van der Waals surface area contributed by atoms with Gasteiger partial charge in [0, 0.05) is 13.0 Å². The van der Waals surface area contributed by atoms with E-state index in [-0.39, 0.29) is 37.7 Å². The molecule has 0 radical (unpaired) electrons. The lowest BCUT2D eigenvalue weighted by Crippen LogP contribution is -2.44. The first-order valence-corrected chi connectivity index (χ1v) is 15.5. The van der Waals surface area contributed by atoms with Crippen LogP contribution in [0.5, 0.6) is 5.75 Å². The van der Waals surface area contributed by atoms with Gasteiger partial charge < -0.3 is 34.6 Å². The maximum Gasteiger partial charge on any atom is 0.410 e. The Kier molecular flexibility index (Phi) is 15.3. The number of carbonyl (C=O) groups is 4. The Balaban J connectivity index is 2.19. The number of allylic oxidation sites excluding steroid dienone is 1. The molecule has 0 saturated carbocycles. The number of hydrogen-bond acceptors (Lipinski definition) is 8. The lowest BCUT2D eigenvalue weighted by Gasteiger charge is -2.28. The molecule has 0 fully saturated rings. The van der Waals surface area contributed by atoms with Crippen molar-refractivity contribution in [1.29, 1.82) is 0 Å². The number of carboxylic acids is 1. The van der Waals surface area contributed by atoms with Gasteiger partial charge in [-0.2, -0.15) is 0 Å². The molecule has 0 bridgehead atoms. The van der Waals surface area contributed by atoms with Gasteiger partial charge in [-0.3, -0.25) is 9.59 Å². The first-order valence-electron chi connectivity index (χ1n) is 15.5. The van der Waals surface area contributed by atoms with Crippen molar-refractivity contribution >= 4 is 29.7 Å². The number of benzene rings is 2. The van der Waals surface area contributed by atoms with Crippen LogP contribution in [0.2, 0.25) is 0 Å². The molecule has 0 aliphatic heterocycles. The summed E-state index contributed by atoms with van der Waals surface area (Å²) in [6.45, 7) is 10.9. The Bertz CT molecular complexity index is 1320. The molecule has 0 spiro atoms. The average Bonchev–Trinajstić information content (AvgIpc) is 2.99. The number of carboxylic acid groups (broad SMARTS) is 1. The smallest absolute Gasteiger partial charge is 0.410 e. The monoisotopic (exact) mass is 640 g/mol. The van der Waals surface area contributed by atoms with Gasteiger partial charge in [0.1, 0.15) is 35.9 Å². The number of aliphatic hydroxyl groups excluding tert-OH is 1. The van der Waals surface area contributed by atoms with E-state index >= 15 is 0 Å². The van der Waals surface area contributed by atoms with E-state index in [2.05, 4.69) is 5.32 Å². The molecule has 0 saturated heterocycles. The standard InChI is InChI=1S/C35H48N2O9/c1-7-21-37(34(43)46-35(4,5)6)22-26(38)23-44-28-16-12-11-15-27(28)29(18-17-25-13-9-8-10-14-25)45-31(40)20-19-30(39)36-32(24(2)3)33(41)42/h8-16,18,24,26,32,38H,7,17,19-23H2,1-6H3,(H,36,39)(H,41,42)/b29-18-/t26?,32-/m0/s1. The maximum atomic E-state index is 12.9. The Hall–Kier alpha value is -4.38. The summed E-state index contributed by atoms with van der Waals surface area (Å²) >= 11 is 0. The van der Waals surface area contributed by atoms with Gasteiger partial charge in [0.2, 0.25) is 5.91 Å². The minimum Gasteiger partial charge on any atom is -0.490 e. The zero-order valence-corrected chi connectivity index (χ0v) is 27.7. The number of amides is 2. The second-order valence-electron chi connectivity index (χ2n) is 12.2. The Labute approximate surface area is 271 Å². The molecular formula is C35H48N2O9. The zero-order valence-electron chi connectivity index (χ0n) is 27.7. The molecular weight excluding hydrogens is 592 g/mol. The van der Waals surface area contributed by atoms with Crippen molar-refractivity contribution in [2.24, 2.45) is 5.92 Å². The van der Waals surface area contributed by atoms with Crippen LogP contribution in [0.15, 0.2) is 60.7 Å². The lowest BCUT2D eigenvalue weighted by atomic mass is 10.0. The third kappa shape index (κ3) is 13.7. The summed E-state index contributed by atoms with van der Waals surface area (Å²) in [5, 5.41) is 22.6. The molecule has 2 aromatic carbocycles. The maximum absolute atomic E-state index is 12.9. The molecule has 46 heavy (non-hydrogen) atoms. The van der Waals surface area contributed by atoms with E-state index in [4.69, 9.17) is 14.2 Å². The van der Waals surface area contributed by atoms with Crippen molar-refractivity contribution in [1.82, 2.24) is 10.2 Å². The van der Waals surface area contributed by atoms with Crippen LogP contribution in [0.3, 0.4) is 0 Å². The fourth-order valence-corrected chi connectivity index (χ4v) is 4.32. The molecule has 0 aromatic heterocycles. The van der Waals surface area contributed by atoms with Gasteiger partial charge >= 0.3 is 18.0 Å². The fourth-order valence-electron chi connectivity index (χ4n) is 4.32. The third-order valence-corrected chi connectivity index (χ3v) is 6.56. The second-order valence-corrected chi connectivity index (χ2v) is 12.2. The van der Waals surface area contributed by atoms with E-state index < -0.39 is 41.7 Å². The van der Waals surface area contributed by atoms with Gasteiger partial charge in [-0.1, -0.05) is 63.2 Å². The van der Waals surface area contributed by atoms with Crippen LogP contribution in [0, 0.1) is 5.92 Å². The number of nitrogens with one attached hydrogen (secondary N) is 1. The summed E-state index contributed by atoms with van der Waals surface area (Å²) in [4.78, 5) is 50.8. The van der Waals surface area contributed by atoms with Crippen LogP contribution in [-0.2, 0) is 30.3 Å². The molecule has 252 valence electrons. The SMILES string of the molecule is CCCN(CC(O)COc1ccccc1/C(=C/Cc1ccccc1)OC(=O)CCC(=O)N[C@H](C(=O)O)C(C)C)C(=O)OC(C)(C)C. The molecule has 11 heteroatoms. The largest absolute Gasteiger partial charge is 0.490 e. The van der Waals surface area contributed by atoms with E-state index in [1.54, 1.807) is 65.0 Å². The predicted molar refractivity (Wildman–Crippen MR) is 174 cm³/mol. The number of aliphatic carboxylic acids is 1. The number of para-hydroxylation sites is 1. The highest BCUT2D eigenvalue weighted by molar-refractivity contribution is 5.87. The fraction of sp³-hybridized carbons (Fsp3) is 0.486. The van der Waals surface area contributed by atoms with E-state index in [0.717, 1.165) is 5.56 Å². The molecule has 11 nitrogen and oxygen atoms in total. The molecule has 1 unspecified atom stereocenters. The van der Waals surface area contributed by atoms with Crippen molar-refractivity contribution in [3.63, 3.8) is 0 Å². The first-order chi connectivity index (χ1) is 21.7. The summed E-state index contributed by atoms with van der Waals surface area (Å²) in [6.07, 6.45) is 0.744. The summed E-state index contributed by atoms with van der Waals surface area (Å²) in [5.74, 6) is -2.20. The van der Waals surface area contributed by atoms with Crippen LogP contribution >= 0.6 is 0 Å². The van der Waals surface area contributed by atoms with E-state index in [1.165, 1.54) is 4.90 Å². The highest BCUT2D eigenvalue weighted by Gasteiger charge is 2.25. The highest BCUT2D eigenvalue weighted by Crippen LogP contribution is 2.28. The molecule has 0 heterocycles. The Morgan fingerprint density at radius 2 is 1.63 bits per heavy atom. The van der Waals surface area contributed by atoms with Crippen LogP contribution in [0.1, 0.15) is 71.9 Å². The summed E-state index contributed by atoms with van der Waals surface area (Å²) < 4.78 is 17.2. The van der Waals surface area contributed by atoms with Crippen LogP contribution in [0.4, 0.5) is 4.79 Å². The number of esters is 1. The van der Waals surface area contributed by atoms with Crippen molar-refractivity contribution < 1.29 is 43.6 Å². The molecule has 2 rings (SSSR count). The summed E-state index contributed by atoms with van der Waals surface area (Å²) in [6, 6.07) is 15.4. The van der Waals surface area contributed by atoms with Gasteiger partial charge in [-0.25, -0.2) is 9.59 Å². The molecule has 2 aromatic rings. The third-order valence-electron chi connectivity index (χ3n) is 6.56. The number of rotatable bonds is 17. The summed E-state index contributed by atoms with van der Waals surface area (Å²) in [7, 11) is 0. The lowest BCUT2D eigenvalue weighted by molar-refractivity contribution is -0.143. The van der Waals surface area contributed by atoms with Gasteiger partial charge in [-0.15, -0.1) is 0 Å². The van der Waals surface area contributed by atoms with Gasteiger partial charge in [0.15, 0.2) is 0 Å². The number of hydrogen-bond donors (Lipinski definition) is 3. The second kappa shape index (κ2) is 18.6. The minimum atomic E-state index is -1.15. The van der Waals surface area contributed by atoms with E-state index in [9.17, 15) is 29.4 Å². The topological polar surface area (TPSA) is 152 Å². The molecule has 2 amide bonds. The number of aliphatic hydroxyl groups is 1. The first kappa shape index (κ1) is 37.8. The van der Waals surface area contributed by atoms with Crippen molar-refractivity contribution in [3.05, 3.63) is 71.8 Å². The number of nitrogens with zero attached hydrogens (tertiary/aromatic N) is 1. The normalized spacial score (nSPS) is 13.0. The number of carbonyl (C=O) groups excluding carboxylic acids is 3. The Morgan fingerprint density at radius 1 is 0.978 bits per heavy atom. The molecule has 2 atom stereocenters. The van der Waals surface area contributed by atoms with Gasteiger partial charge in [-0.05, 0) is 63.3 Å². The molecule has 3 N–H and O–H groups in total. The van der Waals surface area contributed by atoms with Gasteiger partial charge in [0.25, 0.3) is 0 Å².